The second-order valence-electron chi connectivity index (χ2n) is 8.85. The maximum Gasteiger partial charge on any atom is 0.407 e. The summed E-state index contributed by atoms with van der Waals surface area (Å²) in [5.74, 6) is 2.72. The third kappa shape index (κ3) is 4.97. The molecule has 23 heavy (non-hydrogen) atoms. The Morgan fingerprint density at radius 3 is 2.39 bits per heavy atom. The maximum atomic E-state index is 11.9. The maximum absolute atomic E-state index is 11.9. The summed E-state index contributed by atoms with van der Waals surface area (Å²) in [6.45, 7) is 13.8. The topological polar surface area (TPSA) is 50.4 Å². The standard InChI is InChI=1S/C19H34N2O2/c1-13(2)19(6,12-20-17(22)23-18(3,4)5)21-11-16-10-14-7-8-15(16)9-14/h7-8,13-16,21H,9-12H2,1-6H3,(H,20,22). The van der Waals surface area contributed by atoms with Gasteiger partial charge in [0.25, 0.3) is 0 Å². The van der Waals surface area contributed by atoms with Gasteiger partial charge in [-0.2, -0.15) is 0 Å². The first kappa shape index (κ1) is 18.3. The predicted octanol–water partition coefficient (Wildman–Crippen LogP) is 3.73. The smallest absolute Gasteiger partial charge is 0.407 e. The third-order valence-corrected chi connectivity index (χ3v) is 5.46. The Labute approximate surface area is 141 Å². The lowest BCUT2D eigenvalue weighted by Gasteiger charge is -2.37. The predicted molar refractivity (Wildman–Crippen MR) is 94.3 cm³/mol. The average Bonchev–Trinajstić information content (AvgIpc) is 3.03. The first-order valence-electron chi connectivity index (χ1n) is 8.99. The molecule has 132 valence electrons. The van der Waals surface area contributed by atoms with E-state index < -0.39 is 5.60 Å². The van der Waals surface area contributed by atoms with Gasteiger partial charge in [0.15, 0.2) is 0 Å². The van der Waals surface area contributed by atoms with Crippen molar-refractivity contribution in [2.24, 2.45) is 23.7 Å². The van der Waals surface area contributed by atoms with Crippen molar-refractivity contribution in [2.45, 2.75) is 65.5 Å². The molecule has 4 heteroatoms. The van der Waals surface area contributed by atoms with Gasteiger partial charge in [-0.25, -0.2) is 4.79 Å². The van der Waals surface area contributed by atoms with Gasteiger partial charge in [-0.1, -0.05) is 26.0 Å². The molecule has 0 spiro atoms. The summed E-state index contributed by atoms with van der Waals surface area (Å²) >= 11 is 0. The Kier molecular flexibility index (Phi) is 5.44. The van der Waals surface area contributed by atoms with Crippen LogP contribution in [0.2, 0.25) is 0 Å². The number of rotatable bonds is 6. The number of hydrogen-bond acceptors (Lipinski definition) is 3. The molecule has 0 saturated heterocycles. The molecule has 0 aromatic carbocycles. The summed E-state index contributed by atoms with van der Waals surface area (Å²) < 4.78 is 5.34. The van der Waals surface area contributed by atoms with Crippen LogP contribution in [0.1, 0.15) is 54.4 Å². The molecular weight excluding hydrogens is 288 g/mol. The van der Waals surface area contributed by atoms with Crippen LogP contribution in [0.5, 0.6) is 0 Å². The van der Waals surface area contributed by atoms with Crippen molar-refractivity contribution >= 4 is 6.09 Å². The quantitative estimate of drug-likeness (QED) is 0.733. The van der Waals surface area contributed by atoms with E-state index in [0.717, 1.165) is 24.3 Å². The molecule has 1 saturated carbocycles. The van der Waals surface area contributed by atoms with Crippen molar-refractivity contribution in [2.75, 3.05) is 13.1 Å². The van der Waals surface area contributed by atoms with Gasteiger partial charge >= 0.3 is 6.09 Å². The molecule has 2 aliphatic carbocycles. The number of hydrogen-bond donors (Lipinski definition) is 2. The first-order valence-corrected chi connectivity index (χ1v) is 8.99. The molecule has 4 atom stereocenters. The molecule has 2 bridgehead atoms. The van der Waals surface area contributed by atoms with Gasteiger partial charge in [0.1, 0.15) is 5.60 Å². The summed E-state index contributed by atoms with van der Waals surface area (Å²) in [7, 11) is 0. The molecular formula is C19H34N2O2. The molecule has 4 nitrogen and oxygen atoms in total. The third-order valence-electron chi connectivity index (χ3n) is 5.46. The molecule has 0 aromatic rings. The largest absolute Gasteiger partial charge is 0.444 e. The van der Waals surface area contributed by atoms with E-state index in [-0.39, 0.29) is 11.6 Å². The molecule has 0 heterocycles. The molecule has 2 rings (SSSR count). The number of carbonyl (C=O) groups is 1. The van der Waals surface area contributed by atoms with Crippen LogP contribution in [-0.4, -0.2) is 30.3 Å². The molecule has 0 aliphatic heterocycles. The molecule has 0 radical (unpaired) electrons. The lowest BCUT2D eigenvalue weighted by molar-refractivity contribution is 0.0502. The zero-order valence-corrected chi connectivity index (χ0v) is 15.6. The van der Waals surface area contributed by atoms with Crippen LogP contribution in [0.4, 0.5) is 4.79 Å². The number of alkyl carbamates (subject to hydrolysis) is 1. The summed E-state index contributed by atoms with van der Waals surface area (Å²) in [5.41, 5.74) is -0.580. The van der Waals surface area contributed by atoms with Crippen molar-refractivity contribution in [1.29, 1.82) is 0 Å². The van der Waals surface area contributed by atoms with Crippen LogP contribution in [-0.2, 0) is 4.74 Å². The number of fused-ring (bicyclic) bond motifs is 2. The molecule has 2 aliphatic rings. The molecule has 0 aromatic heterocycles. The van der Waals surface area contributed by atoms with Crippen LogP contribution in [0.25, 0.3) is 0 Å². The first-order chi connectivity index (χ1) is 10.6. The fraction of sp³-hybridized carbons (Fsp3) is 0.842. The van der Waals surface area contributed by atoms with Crippen LogP contribution >= 0.6 is 0 Å². The van der Waals surface area contributed by atoms with Crippen molar-refractivity contribution in [3.63, 3.8) is 0 Å². The van der Waals surface area contributed by atoms with Crippen molar-refractivity contribution in [3.8, 4) is 0 Å². The molecule has 4 unspecified atom stereocenters. The zero-order chi connectivity index (χ0) is 17.3. The Morgan fingerprint density at radius 2 is 1.91 bits per heavy atom. The van der Waals surface area contributed by atoms with Crippen LogP contribution in [0.15, 0.2) is 12.2 Å². The fourth-order valence-corrected chi connectivity index (χ4v) is 3.53. The van der Waals surface area contributed by atoms with Gasteiger partial charge in [-0.3, -0.25) is 0 Å². The molecule has 1 fully saturated rings. The monoisotopic (exact) mass is 322 g/mol. The Morgan fingerprint density at radius 1 is 1.22 bits per heavy atom. The van der Waals surface area contributed by atoms with E-state index in [0.29, 0.717) is 12.5 Å². The van der Waals surface area contributed by atoms with E-state index >= 15 is 0 Å². The molecule has 1 amide bonds. The van der Waals surface area contributed by atoms with Gasteiger partial charge in [-0.05, 0) is 70.8 Å². The second-order valence-corrected chi connectivity index (χ2v) is 8.85. The zero-order valence-electron chi connectivity index (χ0n) is 15.6. The van der Waals surface area contributed by atoms with Crippen molar-refractivity contribution in [3.05, 3.63) is 12.2 Å². The van der Waals surface area contributed by atoms with Gasteiger partial charge in [0, 0.05) is 12.1 Å². The van der Waals surface area contributed by atoms with E-state index in [2.05, 4.69) is 43.6 Å². The highest BCUT2D eigenvalue weighted by Crippen LogP contribution is 2.43. The highest BCUT2D eigenvalue weighted by molar-refractivity contribution is 5.67. The van der Waals surface area contributed by atoms with Crippen LogP contribution in [0.3, 0.4) is 0 Å². The summed E-state index contributed by atoms with van der Waals surface area (Å²) in [5, 5.41) is 6.67. The van der Waals surface area contributed by atoms with E-state index in [1.807, 2.05) is 20.8 Å². The SMILES string of the molecule is CC(C)C(C)(CNC(=O)OC(C)(C)C)NCC1CC2C=CC1C2. The Hall–Kier alpha value is -1.03. The van der Waals surface area contributed by atoms with Gasteiger partial charge in [0.2, 0.25) is 0 Å². The lowest BCUT2D eigenvalue weighted by atomic mass is 9.86. The number of amides is 1. The van der Waals surface area contributed by atoms with Crippen molar-refractivity contribution < 1.29 is 9.53 Å². The number of carbonyl (C=O) groups excluding carboxylic acids is 1. The number of nitrogens with one attached hydrogen (secondary N) is 2. The van der Waals surface area contributed by atoms with E-state index in [4.69, 9.17) is 4.74 Å². The van der Waals surface area contributed by atoms with Crippen molar-refractivity contribution in [1.82, 2.24) is 10.6 Å². The lowest BCUT2D eigenvalue weighted by Crippen LogP contribution is -2.56. The van der Waals surface area contributed by atoms with E-state index in [9.17, 15) is 4.79 Å². The minimum atomic E-state index is -0.457. The summed E-state index contributed by atoms with van der Waals surface area (Å²) in [6.07, 6.45) is 7.08. The molecule has 2 N–H and O–H groups in total. The fourth-order valence-electron chi connectivity index (χ4n) is 3.53. The number of ether oxygens (including phenoxy) is 1. The second kappa shape index (κ2) is 6.84. The summed E-state index contributed by atoms with van der Waals surface area (Å²) in [4.78, 5) is 11.9. The minimum absolute atomic E-state index is 0.123. The van der Waals surface area contributed by atoms with Gasteiger partial charge in [0.05, 0.1) is 0 Å². The Balaban J connectivity index is 1.83. The average molecular weight is 322 g/mol. The normalized spacial score (nSPS) is 28.9. The summed E-state index contributed by atoms with van der Waals surface area (Å²) in [6, 6.07) is 0. The highest BCUT2D eigenvalue weighted by Gasteiger charge is 2.37. The number of allylic oxidation sites excluding steroid dienone is 2. The Bertz CT molecular complexity index is 453. The highest BCUT2D eigenvalue weighted by atomic mass is 16.6. The minimum Gasteiger partial charge on any atom is -0.444 e. The van der Waals surface area contributed by atoms with Crippen LogP contribution < -0.4 is 10.6 Å². The van der Waals surface area contributed by atoms with Crippen LogP contribution in [0, 0.1) is 23.7 Å². The van der Waals surface area contributed by atoms with Gasteiger partial charge in [-0.15, -0.1) is 0 Å². The van der Waals surface area contributed by atoms with E-state index in [1.165, 1.54) is 12.8 Å². The van der Waals surface area contributed by atoms with Gasteiger partial charge < -0.3 is 15.4 Å². The van der Waals surface area contributed by atoms with E-state index in [1.54, 1.807) is 0 Å².